The number of hydrogen-bond acceptors (Lipinski definition) is 3. The minimum Gasteiger partial charge on any atom is -0.482 e. The van der Waals surface area contributed by atoms with E-state index in [9.17, 15) is 4.79 Å². The zero-order valence-electron chi connectivity index (χ0n) is 13.7. The molecular formula is C20H16Cl2N2O2. The molecule has 0 aliphatic carbocycles. The molecule has 0 bridgehead atoms. The molecule has 1 unspecified atom stereocenters. The number of halogens is 2. The first-order valence-electron chi connectivity index (χ1n) is 7.96. The first-order valence-corrected chi connectivity index (χ1v) is 8.72. The zero-order chi connectivity index (χ0) is 18.4. The van der Waals surface area contributed by atoms with Gasteiger partial charge >= 0.3 is 0 Å². The summed E-state index contributed by atoms with van der Waals surface area (Å²) in [5, 5.41) is 3.82. The summed E-state index contributed by atoms with van der Waals surface area (Å²) in [5.41, 5.74) is 1.68. The van der Waals surface area contributed by atoms with Gasteiger partial charge in [-0.1, -0.05) is 59.6 Å². The summed E-state index contributed by atoms with van der Waals surface area (Å²) >= 11 is 11.9. The third-order valence-electron chi connectivity index (χ3n) is 3.67. The summed E-state index contributed by atoms with van der Waals surface area (Å²) in [6, 6.07) is 19.7. The number of amides is 1. The second kappa shape index (κ2) is 8.70. The van der Waals surface area contributed by atoms with Crippen LogP contribution in [0.1, 0.15) is 17.3 Å². The van der Waals surface area contributed by atoms with Crippen molar-refractivity contribution in [2.24, 2.45) is 0 Å². The molecule has 1 amide bonds. The van der Waals surface area contributed by atoms with Gasteiger partial charge in [-0.15, -0.1) is 0 Å². The van der Waals surface area contributed by atoms with Crippen molar-refractivity contribution in [3.63, 3.8) is 0 Å². The van der Waals surface area contributed by atoms with E-state index in [2.05, 4.69) is 10.3 Å². The van der Waals surface area contributed by atoms with E-state index >= 15 is 0 Å². The standard InChI is InChI=1S/C20H16Cl2N2O2/c21-15-9-10-18(16(22)12-15)26-13-19(25)24-20(14-6-2-1-3-7-14)17-8-4-5-11-23-17/h1-12,20H,13H2,(H,24,25). The predicted molar refractivity (Wildman–Crippen MR) is 103 cm³/mol. The molecule has 132 valence electrons. The number of carbonyl (C=O) groups is 1. The van der Waals surface area contributed by atoms with Crippen molar-refractivity contribution in [2.75, 3.05) is 6.61 Å². The Morgan fingerprint density at radius 2 is 1.81 bits per heavy atom. The van der Waals surface area contributed by atoms with Crippen molar-refractivity contribution >= 4 is 29.1 Å². The Balaban J connectivity index is 1.71. The molecule has 0 aliphatic rings. The number of benzene rings is 2. The molecule has 3 rings (SSSR count). The maximum atomic E-state index is 12.4. The van der Waals surface area contributed by atoms with Gasteiger partial charge < -0.3 is 10.1 Å². The normalized spacial score (nSPS) is 11.6. The lowest BCUT2D eigenvalue weighted by molar-refractivity contribution is -0.123. The molecule has 1 atom stereocenters. The van der Waals surface area contributed by atoms with Gasteiger partial charge in [0.05, 0.1) is 16.8 Å². The van der Waals surface area contributed by atoms with Crippen molar-refractivity contribution in [2.45, 2.75) is 6.04 Å². The van der Waals surface area contributed by atoms with E-state index in [-0.39, 0.29) is 18.6 Å². The Morgan fingerprint density at radius 3 is 2.50 bits per heavy atom. The number of pyridine rings is 1. The summed E-state index contributed by atoms with van der Waals surface area (Å²) in [7, 11) is 0. The second-order valence-corrected chi connectivity index (χ2v) is 6.37. The van der Waals surface area contributed by atoms with E-state index in [4.69, 9.17) is 27.9 Å². The topological polar surface area (TPSA) is 51.2 Å². The molecule has 0 spiro atoms. The summed E-state index contributed by atoms with van der Waals surface area (Å²) in [4.78, 5) is 16.8. The van der Waals surface area contributed by atoms with E-state index in [0.717, 1.165) is 11.3 Å². The van der Waals surface area contributed by atoms with Crippen LogP contribution < -0.4 is 10.1 Å². The number of ether oxygens (including phenoxy) is 1. The van der Waals surface area contributed by atoms with Gasteiger partial charge in [-0.25, -0.2) is 0 Å². The number of aromatic nitrogens is 1. The molecule has 0 fully saturated rings. The molecule has 1 heterocycles. The highest BCUT2D eigenvalue weighted by molar-refractivity contribution is 6.35. The SMILES string of the molecule is O=C(COc1ccc(Cl)cc1Cl)NC(c1ccccc1)c1ccccn1. The predicted octanol–water partition coefficient (Wildman–Crippen LogP) is 4.67. The van der Waals surface area contributed by atoms with Crippen LogP contribution in [0.25, 0.3) is 0 Å². The number of nitrogens with one attached hydrogen (secondary N) is 1. The smallest absolute Gasteiger partial charge is 0.258 e. The first-order chi connectivity index (χ1) is 12.6. The largest absolute Gasteiger partial charge is 0.482 e. The zero-order valence-corrected chi connectivity index (χ0v) is 15.2. The molecule has 0 radical (unpaired) electrons. The van der Waals surface area contributed by atoms with Crippen molar-refractivity contribution in [3.8, 4) is 5.75 Å². The molecule has 1 aromatic heterocycles. The average molecular weight is 387 g/mol. The number of nitrogens with zero attached hydrogens (tertiary/aromatic N) is 1. The van der Waals surface area contributed by atoms with E-state index in [1.165, 1.54) is 0 Å². The molecule has 0 saturated carbocycles. The van der Waals surface area contributed by atoms with Crippen LogP contribution in [0.5, 0.6) is 5.75 Å². The summed E-state index contributed by atoms with van der Waals surface area (Å²) < 4.78 is 5.50. The number of rotatable bonds is 6. The Kier molecular flexibility index (Phi) is 6.10. The number of carbonyl (C=O) groups excluding carboxylic acids is 1. The molecular weight excluding hydrogens is 371 g/mol. The van der Waals surface area contributed by atoms with Gasteiger partial charge in [0.1, 0.15) is 5.75 Å². The first kappa shape index (κ1) is 18.2. The van der Waals surface area contributed by atoms with Gasteiger partial charge in [0.2, 0.25) is 0 Å². The van der Waals surface area contributed by atoms with Crippen LogP contribution in [0.3, 0.4) is 0 Å². The fourth-order valence-electron chi connectivity index (χ4n) is 2.46. The fourth-order valence-corrected chi connectivity index (χ4v) is 2.92. The van der Waals surface area contributed by atoms with Gasteiger partial charge in [0, 0.05) is 11.2 Å². The van der Waals surface area contributed by atoms with E-state index in [1.54, 1.807) is 24.4 Å². The average Bonchev–Trinajstić information content (AvgIpc) is 2.67. The summed E-state index contributed by atoms with van der Waals surface area (Å²) in [6.45, 7) is -0.169. The van der Waals surface area contributed by atoms with Crippen LogP contribution in [0.4, 0.5) is 0 Å². The van der Waals surface area contributed by atoms with E-state index in [0.29, 0.717) is 15.8 Å². The highest BCUT2D eigenvalue weighted by Gasteiger charge is 2.18. The molecule has 1 N–H and O–H groups in total. The highest BCUT2D eigenvalue weighted by atomic mass is 35.5. The Bertz CT molecular complexity index is 834. The third-order valence-corrected chi connectivity index (χ3v) is 4.20. The van der Waals surface area contributed by atoms with Gasteiger partial charge in [-0.3, -0.25) is 9.78 Å². The maximum Gasteiger partial charge on any atom is 0.258 e. The molecule has 6 heteroatoms. The summed E-state index contributed by atoms with van der Waals surface area (Å²) in [5.74, 6) is 0.121. The maximum absolute atomic E-state index is 12.4. The molecule has 4 nitrogen and oxygen atoms in total. The van der Waals surface area contributed by atoms with E-state index in [1.807, 2.05) is 48.5 Å². The number of hydrogen-bond donors (Lipinski definition) is 1. The fraction of sp³-hybridized carbons (Fsp3) is 0.100. The van der Waals surface area contributed by atoms with Crippen LogP contribution in [0.15, 0.2) is 72.9 Å². The minimum atomic E-state index is -0.366. The van der Waals surface area contributed by atoms with Crippen LogP contribution >= 0.6 is 23.2 Å². The second-order valence-electron chi connectivity index (χ2n) is 5.53. The molecule has 0 saturated heterocycles. The van der Waals surface area contributed by atoms with Crippen LogP contribution in [0, 0.1) is 0 Å². The van der Waals surface area contributed by atoms with Crippen molar-refractivity contribution < 1.29 is 9.53 Å². The molecule has 0 aliphatic heterocycles. The molecule has 26 heavy (non-hydrogen) atoms. The lowest BCUT2D eigenvalue weighted by atomic mass is 10.0. The Hall–Kier alpha value is -2.56. The minimum absolute atomic E-state index is 0.169. The quantitative estimate of drug-likeness (QED) is 0.669. The third kappa shape index (κ3) is 4.75. The van der Waals surface area contributed by atoms with Gasteiger partial charge in [-0.05, 0) is 35.9 Å². The van der Waals surface area contributed by atoms with Crippen molar-refractivity contribution in [1.29, 1.82) is 0 Å². The van der Waals surface area contributed by atoms with Gasteiger partial charge in [-0.2, -0.15) is 0 Å². The van der Waals surface area contributed by atoms with Crippen LogP contribution in [-0.4, -0.2) is 17.5 Å². The Labute approximate surface area is 161 Å². The van der Waals surface area contributed by atoms with Crippen molar-refractivity contribution in [1.82, 2.24) is 10.3 Å². The van der Waals surface area contributed by atoms with Crippen LogP contribution in [-0.2, 0) is 4.79 Å². The lowest BCUT2D eigenvalue weighted by Gasteiger charge is -2.19. The van der Waals surface area contributed by atoms with Gasteiger partial charge in [0.25, 0.3) is 5.91 Å². The highest BCUT2D eigenvalue weighted by Crippen LogP contribution is 2.27. The lowest BCUT2D eigenvalue weighted by Crippen LogP contribution is -2.33. The monoisotopic (exact) mass is 386 g/mol. The van der Waals surface area contributed by atoms with Gasteiger partial charge in [0.15, 0.2) is 6.61 Å². The van der Waals surface area contributed by atoms with E-state index < -0.39 is 0 Å². The summed E-state index contributed by atoms with van der Waals surface area (Å²) in [6.07, 6.45) is 1.70. The van der Waals surface area contributed by atoms with Crippen LogP contribution in [0.2, 0.25) is 10.0 Å². The Morgan fingerprint density at radius 1 is 1.04 bits per heavy atom. The van der Waals surface area contributed by atoms with Crippen molar-refractivity contribution in [3.05, 3.63) is 94.2 Å². The molecule has 3 aromatic rings. The molecule has 2 aromatic carbocycles.